The number of nitrogens with one attached hydrogen (secondary N) is 2. The second-order valence-corrected chi connectivity index (χ2v) is 5.13. The van der Waals surface area contributed by atoms with Gasteiger partial charge in [-0.05, 0) is 55.3 Å². The van der Waals surface area contributed by atoms with Gasteiger partial charge in [-0.1, -0.05) is 0 Å². The molecule has 0 aromatic carbocycles. The fourth-order valence-electron chi connectivity index (χ4n) is 2.24. The minimum absolute atomic E-state index is 0.703. The van der Waals surface area contributed by atoms with E-state index < -0.39 is 0 Å². The van der Waals surface area contributed by atoms with Gasteiger partial charge in [-0.2, -0.15) is 5.10 Å². The predicted molar refractivity (Wildman–Crippen MR) is 65.4 cm³/mol. The Morgan fingerprint density at radius 2 is 2.14 bits per heavy atom. The van der Waals surface area contributed by atoms with Crippen LogP contribution in [0.15, 0.2) is 6.20 Å². The van der Waals surface area contributed by atoms with Crippen molar-refractivity contribution in [2.45, 2.75) is 37.6 Å². The van der Waals surface area contributed by atoms with E-state index in [9.17, 15) is 0 Å². The van der Waals surface area contributed by atoms with Crippen molar-refractivity contribution < 1.29 is 0 Å². The first kappa shape index (κ1) is 10.4. The van der Waals surface area contributed by atoms with Crippen LogP contribution in [0.1, 0.15) is 37.3 Å². The lowest BCUT2D eigenvalue weighted by molar-refractivity contribution is 0.354. The van der Waals surface area contributed by atoms with Gasteiger partial charge in [0.15, 0.2) is 0 Å². The monoisotopic (exact) mass is 305 g/mol. The van der Waals surface area contributed by atoms with Gasteiger partial charge in [-0.3, -0.25) is 5.10 Å². The van der Waals surface area contributed by atoms with E-state index >= 15 is 0 Å². The zero-order valence-electron chi connectivity index (χ0n) is 8.39. The van der Waals surface area contributed by atoms with Gasteiger partial charge in [0.25, 0.3) is 0 Å². The maximum Gasteiger partial charge on any atom is 0.0624 e. The number of hydrogen-bond acceptors (Lipinski definition) is 2. The van der Waals surface area contributed by atoms with E-state index in [1.54, 1.807) is 0 Å². The average molecular weight is 305 g/mol. The predicted octanol–water partition coefficient (Wildman–Crippen LogP) is 2.26. The fourth-order valence-corrected chi connectivity index (χ4v) is 2.94. The summed E-state index contributed by atoms with van der Waals surface area (Å²) >= 11 is 2.36. The van der Waals surface area contributed by atoms with Crippen LogP contribution in [0.4, 0.5) is 0 Å². The highest BCUT2D eigenvalue weighted by molar-refractivity contribution is 14.1. The molecular weight excluding hydrogens is 289 g/mol. The molecule has 0 radical (unpaired) electrons. The van der Waals surface area contributed by atoms with Crippen molar-refractivity contribution >= 4 is 22.6 Å². The summed E-state index contributed by atoms with van der Waals surface area (Å²) in [5.41, 5.74) is 1.35. The quantitative estimate of drug-likeness (QED) is 0.823. The molecule has 0 aliphatic heterocycles. The standard InChI is InChI=1S/C10H16IN3/c1-12-8-4-2-7(3-5-8)10-9(11)6-13-14-10/h6-8,12H,2-5H2,1H3,(H,13,14). The second kappa shape index (κ2) is 4.61. The van der Waals surface area contributed by atoms with E-state index in [0.717, 1.165) is 6.04 Å². The smallest absolute Gasteiger partial charge is 0.0624 e. The molecule has 1 fully saturated rings. The number of hydrogen-bond donors (Lipinski definition) is 2. The van der Waals surface area contributed by atoms with Gasteiger partial charge in [0.1, 0.15) is 0 Å². The van der Waals surface area contributed by atoms with Crippen LogP contribution < -0.4 is 5.32 Å². The molecule has 0 saturated heterocycles. The summed E-state index contributed by atoms with van der Waals surface area (Å²) in [5.74, 6) is 0.703. The topological polar surface area (TPSA) is 40.7 Å². The Bertz CT molecular complexity index is 289. The van der Waals surface area contributed by atoms with E-state index in [0.29, 0.717) is 5.92 Å². The van der Waals surface area contributed by atoms with Crippen LogP contribution in [-0.4, -0.2) is 23.3 Å². The van der Waals surface area contributed by atoms with Crippen LogP contribution in [0.2, 0.25) is 0 Å². The molecule has 0 unspecified atom stereocenters. The van der Waals surface area contributed by atoms with E-state index in [4.69, 9.17) is 0 Å². The Kier molecular flexibility index (Phi) is 3.43. The third kappa shape index (κ3) is 2.11. The highest BCUT2D eigenvalue weighted by Crippen LogP contribution is 2.33. The van der Waals surface area contributed by atoms with Crippen molar-refractivity contribution in [3.8, 4) is 0 Å². The lowest BCUT2D eigenvalue weighted by Crippen LogP contribution is -2.29. The van der Waals surface area contributed by atoms with Crippen molar-refractivity contribution in [3.05, 3.63) is 15.5 Å². The first-order valence-electron chi connectivity index (χ1n) is 5.17. The van der Waals surface area contributed by atoms with Crippen LogP contribution in [0.3, 0.4) is 0 Å². The van der Waals surface area contributed by atoms with Gasteiger partial charge in [-0.15, -0.1) is 0 Å². The number of nitrogens with zero attached hydrogens (tertiary/aromatic N) is 1. The molecule has 0 amide bonds. The van der Waals surface area contributed by atoms with Crippen LogP contribution in [-0.2, 0) is 0 Å². The molecule has 1 saturated carbocycles. The second-order valence-electron chi connectivity index (χ2n) is 3.97. The molecule has 78 valence electrons. The molecule has 0 atom stereocenters. The summed E-state index contributed by atoms with van der Waals surface area (Å²) in [5, 5.41) is 10.6. The van der Waals surface area contributed by atoms with Crippen LogP contribution >= 0.6 is 22.6 Å². The molecule has 2 N–H and O–H groups in total. The zero-order valence-corrected chi connectivity index (χ0v) is 10.5. The van der Waals surface area contributed by atoms with Crippen LogP contribution in [0.25, 0.3) is 0 Å². The Morgan fingerprint density at radius 3 is 2.64 bits per heavy atom. The number of H-pyrrole nitrogens is 1. The van der Waals surface area contributed by atoms with Crippen molar-refractivity contribution in [1.82, 2.24) is 15.5 Å². The summed E-state index contributed by atoms with van der Waals surface area (Å²) < 4.78 is 1.29. The molecule has 2 rings (SSSR count). The van der Waals surface area contributed by atoms with Gasteiger partial charge >= 0.3 is 0 Å². The van der Waals surface area contributed by atoms with Crippen molar-refractivity contribution in [1.29, 1.82) is 0 Å². The molecule has 1 aromatic heterocycles. The van der Waals surface area contributed by atoms with E-state index in [2.05, 4.69) is 45.2 Å². The van der Waals surface area contributed by atoms with E-state index in [-0.39, 0.29) is 0 Å². The lowest BCUT2D eigenvalue weighted by Gasteiger charge is -2.27. The molecule has 3 nitrogen and oxygen atoms in total. The summed E-state index contributed by atoms with van der Waals surface area (Å²) in [6.07, 6.45) is 7.06. The third-order valence-electron chi connectivity index (χ3n) is 3.16. The molecule has 14 heavy (non-hydrogen) atoms. The first-order valence-corrected chi connectivity index (χ1v) is 6.25. The normalized spacial score (nSPS) is 27.9. The third-order valence-corrected chi connectivity index (χ3v) is 4.02. The molecule has 1 aromatic rings. The molecular formula is C10H16IN3. The Hall–Kier alpha value is -0.100. The molecule has 1 aliphatic carbocycles. The largest absolute Gasteiger partial charge is 0.317 e. The fraction of sp³-hybridized carbons (Fsp3) is 0.700. The Labute approximate surface area is 98.2 Å². The van der Waals surface area contributed by atoms with Gasteiger partial charge in [0.05, 0.1) is 15.5 Å². The van der Waals surface area contributed by atoms with Gasteiger partial charge < -0.3 is 5.32 Å². The molecule has 0 bridgehead atoms. The number of rotatable bonds is 2. The summed E-state index contributed by atoms with van der Waals surface area (Å²) in [6.45, 7) is 0. The Balaban J connectivity index is 1.99. The number of aromatic amines is 1. The van der Waals surface area contributed by atoms with Gasteiger partial charge in [-0.25, -0.2) is 0 Å². The molecule has 4 heteroatoms. The minimum Gasteiger partial charge on any atom is -0.317 e. The van der Waals surface area contributed by atoms with Crippen LogP contribution in [0, 0.1) is 3.57 Å². The molecule has 1 aliphatic rings. The van der Waals surface area contributed by atoms with Gasteiger partial charge in [0, 0.05) is 12.0 Å². The lowest BCUT2D eigenvalue weighted by atomic mass is 9.84. The molecule has 1 heterocycles. The number of halogens is 1. The Morgan fingerprint density at radius 1 is 1.43 bits per heavy atom. The summed E-state index contributed by atoms with van der Waals surface area (Å²) in [4.78, 5) is 0. The van der Waals surface area contributed by atoms with E-state index in [1.165, 1.54) is 34.9 Å². The van der Waals surface area contributed by atoms with Crippen molar-refractivity contribution in [3.63, 3.8) is 0 Å². The first-order chi connectivity index (χ1) is 6.81. The number of aromatic nitrogens is 2. The summed E-state index contributed by atoms with van der Waals surface area (Å²) in [6, 6.07) is 0.729. The SMILES string of the molecule is CNC1CCC(c2[nH]ncc2I)CC1. The minimum atomic E-state index is 0.703. The summed E-state index contributed by atoms with van der Waals surface area (Å²) in [7, 11) is 2.06. The van der Waals surface area contributed by atoms with E-state index in [1.807, 2.05) is 6.20 Å². The maximum absolute atomic E-state index is 4.09. The highest BCUT2D eigenvalue weighted by Gasteiger charge is 2.23. The molecule has 0 spiro atoms. The zero-order chi connectivity index (χ0) is 9.97. The maximum atomic E-state index is 4.09. The van der Waals surface area contributed by atoms with Gasteiger partial charge in [0.2, 0.25) is 0 Å². The van der Waals surface area contributed by atoms with Crippen molar-refractivity contribution in [2.24, 2.45) is 0 Å². The highest BCUT2D eigenvalue weighted by atomic mass is 127. The van der Waals surface area contributed by atoms with Crippen molar-refractivity contribution in [2.75, 3.05) is 7.05 Å². The van der Waals surface area contributed by atoms with Crippen LogP contribution in [0.5, 0.6) is 0 Å². The average Bonchev–Trinajstić information content (AvgIpc) is 2.65.